The Morgan fingerprint density at radius 2 is 1.11 bits per heavy atom. The molecule has 254 valence electrons. The monoisotopic (exact) mass is 715 g/mol. The van der Waals surface area contributed by atoms with Crippen LogP contribution in [-0.2, 0) is 0 Å². The molecule has 12 rings (SSSR count). The lowest BCUT2D eigenvalue weighted by Crippen LogP contribution is -1.91. The van der Waals surface area contributed by atoms with Crippen LogP contribution in [0.1, 0.15) is 0 Å². The molecule has 0 amide bonds. The summed E-state index contributed by atoms with van der Waals surface area (Å²) < 4.78 is 2.63. The Labute approximate surface area is 319 Å². The number of hydrogen-bond donors (Lipinski definition) is 0. The fourth-order valence-electron chi connectivity index (χ4n) is 8.71. The first-order valence-electron chi connectivity index (χ1n) is 18.6. The summed E-state index contributed by atoms with van der Waals surface area (Å²) in [6, 6.07) is 59.5. The minimum atomic E-state index is 0.932. The van der Waals surface area contributed by atoms with Gasteiger partial charge in [-0.15, -0.1) is 11.3 Å². The van der Waals surface area contributed by atoms with E-state index in [4.69, 9.17) is 9.97 Å². The third-order valence-electron chi connectivity index (χ3n) is 11.3. The van der Waals surface area contributed by atoms with Crippen LogP contribution in [0.3, 0.4) is 0 Å². The molecule has 0 unspecified atom stereocenters. The summed E-state index contributed by atoms with van der Waals surface area (Å²) in [5.41, 5.74) is 9.70. The van der Waals surface area contributed by atoms with E-state index in [0.717, 1.165) is 38.6 Å². The number of para-hydroxylation sites is 1. The maximum Gasteiger partial charge on any atom is 0.0970 e. The maximum absolute atomic E-state index is 5.33. The molecule has 0 fully saturated rings. The largest absolute Gasteiger partial charge is 0.254 e. The second kappa shape index (κ2) is 11.7. The second-order valence-corrected chi connectivity index (χ2v) is 15.4. The molecule has 0 spiro atoms. The Bertz CT molecular complexity index is 3560. The van der Waals surface area contributed by atoms with Gasteiger partial charge in [-0.1, -0.05) is 115 Å². The second-order valence-electron chi connectivity index (χ2n) is 14.4. The van der Waals surface area contributed by atoms with Crippen LogP contribution in [0.5, 0.6) is 0 Å². The van der Waals surface area contributed by atoms with Gasteiger partial charge in [-0.2, -0.15) is 0 Å². The van der Waals surface area contributed by atoms with Crippen LogP contribution in [0.2, 0.25) is 0 Å². The molecule has 8 aromatic carbocycles. The molecule has 3 nitrogen and oxygen atoms in total. The number of benzene rings is 8. The van der Waals surface area contributed by atoms with Crippen LogP contribution < -0.4 is 0 Å². The van der Waals surface area contributed by atoms with Crippen molar-refractivity contribution in [1.82, 2.24) is 15.0 Å². The van der Waals surface area contributed by atoms with Gasteiger partial charge in [0, 0.05) is 65.1 Å². The Hall–Kier alpha value is -7.01. The van der Waals surface area contributed by atoms with E-state index in [2.05, 4.69) is 157 Å². The summed E-state index contributed by atoms with van der Waals surface area (Å²) in [4.78, 5) is 14.7. The van der Waals surface area contributed by atoms with Gasteiger partial charge >= 0.3 is 0 Å². The molecule has 4 aromatic heterocycles. The Morgan fingerprint density at radius 3 is 2.07 bits per heavy atom. The fourth-order valence-corrected chi connectivity index (χ4v) is 9.97. The lowest BCUT2D eigenvalue weighted by molar-refractivity contribution is 1.37. The van der Waals surface area contributed by atoms with E-state index in [-0.39, 0.29) is 0 Å². The van der Waals surface area contributed by atoms with Crippen molar-refractivity contribution < 1.29 is 0 Å². The molecule has 0 saturated carbocycles. The lowest BCUT2D eigenvalue weighted by atomic mass is 9.92. The lowest BCUT2D eigenvalue weighted by Gasteiger charge is -2.13. The van der Waals surface area contributed by atoms with Gasteiger partial charge in [0.15, 0.2) is 0 Å². The Morgan fingerprint density at radius 1 is 0.382 bits per heavy atom. The molecule has 0 radical (unpaired) electrons. The number of aromatic nitrogens is 3. The predicted molar refractivity (Wildman–Crippen MR) is 234 cm³/mol. The van der Waals surface area contributed by atoms with Gasteiger partial charge in [0.1, 0.15) is 0 Å². The van der Waals surface area contributed by atoms with Crippen LogP contribution in [0.25, 0.3) is 119 Å². The van der Waals surface area contributed by atoms with Gasteiger partial charge in [-0.25, -0.2) is 4.98 Å². The molecule has 55 heavy (non-hydrogen) atoms. The van der Waals surface area contributed by atoms with E-state index < -0.39 is 0 Å². The quantitative estimate of drug-likeness (QED) is 0.171. The minimum Gasteiger partial charge on any atom is -0.254 e. The summed E-state index contributed by atoms with van der Waals surface area (Å²) in [6.07, 6.45) is 3.69. The molecule has 0 atom stereocenters. The van der Waals surface area contributed by atoms with E-state index in [1.807, 2.05) is 35.9 Å². The zero-order chi connectivity index (χ0) is 36.0. The third kappa shape index (κ3) is 4.65. The van der Waals surface area contributed by atoms with Gasteiger partial charge in [0.05, 0.1) is 22.2 Å². The van der Waals surface area contributed by atoms with Crippen molar-refractivity contribution in [2.45, 2.75) is 0 Å². The molecule has 0 aliphatic heterocycles. The van der Waals surface area contributed by atoms with Crippen LogP contribution in [-0.4, -0.2) is 15.0 Å². The summed E-state index contributed by atoms with van der Waals surface area (Å²) in [5, 5.41) is 13.4. The predicted octanol–water partition coefficient (Wildman–Crippen LogP) is 14.2. The summed E-state index contributed by atoms with van der Waals surface area (Å²) >= 11 is 1.88. The van der Waals surface area contributed by atoms with E-state index in [1.54, 1.807) is 0 Å². The standard InChI is InChI=1S/C51H29N3S/c1-3-14-45-41(12-1)47-42(23-22-40-38-11-2-4-15-46(38)55-51(40)47)48(54-45)35-9-5-8-31(26-35)32-18-16-30-17-19-33-27-34(20-21-37(33)43(30)28-32)44-29-36-10-6-24-52-49(36)50-39(44)13-7-25-53-50/h1-29H. The van der Waals surface area contributed by atoms with Gasteiger partial charge in [-0.3, -0.25) is 9.97 Å². The van der Waals surface area contributed by atoms with Crippen molar-refractivity contribution in [2.75, 3.05) is 0 Å². The molecular formula is C51H29N3S. The van der Waals surface area contributed by atoms with Gasteiger partial charge in [0.2, 0.25) is 0 Å². The van der Waals surface area contributed by atoms with Gasteiger partial charge < -0.3 is 0 Å². The molecule has 0 N–H and O–H groups in total. The van der Waals surface area contributed by atoms with Gasteiger partial charge in [0.25, 0.3) is 0 Å². The Balaban J connectivity index is 1.00. The summed E-state index contributed by atoms with van der Waals surface area (Å²) in [7, 11) is 0. The van der Waals surface area contributed by atoms with Crippen LogP contribution in [0.15, 0.2) is 176 Å². The molecule has 4 heteroatoms. The number of nitrogens with zero attached hydrogens (tertiary/aromatic N) is 3. The molecule has 0 bridgehead atoms. The van der Waals surface area contributed by atoms with Crippen molar-refractivity contribution in [2.24, 2.45) is 0 Å². The molecule has 4 heterocycles. The normalized spacial score (nSPS) is 12.0. The van der Waals surface area contributed by atoms with Crippen LogP contribution >= 0.6 is 11.3 Å². The summed E-state index contributed by atoms with van der Waals surface area (Å²) in [6.45, 7) is 0. The van der Waals surface area contributed by atoms with Crippen LogP contribution in [0, 0.1) is 0 Å². The first kappa shape index (κ1) is 30.5. The maximum atomic E-state index is 5.33. The highest BCUT2D eigenvalue weighted by molar-refractivity contribution is 7.26. The van der Waals surface area contributed by atoms with Crippen molar-refractivity contribution in [3.05, 3.63) is 176 Å². The topological polar surface area (TPSA) is 38.7 Å². The van der Waals surface area contributed by atoms with E-state index >= 15 is 0 Å². The molecule has 0 saturated heterocycles. The number of rotatable bonds is 3. The number of pyridine rings is 3. The molecular weight excluding hydrogens is 687 g/mol. The fraction of sp³-hybridized carbons (Fsp3) is 0. The molecule has 12 aromatic rings. The van der Waals surface area contributed by atoms with Crippen molar-refractivity contribution in [3.63, 3.8) is 0 Å². The number of fused-ring (bicyclic) bond motifs is 13. The average Bonchev–Trinajstić information content (AvgIpc) is 3.64. The first-order chi connectivity index (χ1) is 27.2. The smallest absolute Gasteiger partial charge is 0.0970 e. The number of thiophene rings is 1. The van der Waals surface area contributed by atoms with E-state index in [9.17, 15) is 0 Å². The van der Waals surface area contributed by atoms with Crippen molar-refractivity contribution in [3.8, 4) is 33.5 Å². The van der Waals surface area contributed by atoms with Crippen molar-refractivity contribution >= 4 is 96.5 Å². The highest BCUT2D eigenvalue weighted by Gasteiger charge is 2.17. The third-order valence-corrected chi connectivity index (χ3v) is 12.5. The highest BCUT2D eigenvalue weighted by atomic mass is 32.1. The first-order valence-corrected chi connectivity index (χ1v) is 19.4. The Kier molecular flexibility index (Phi) is 6.50. The van der Waals surface area contributed by atoms with Crippen molar-refractivity contribution in [1.29, 1.82) is 0 Å². The molecule has 0 aliphatic carbocycles. The minimum absolute atomic E-state index is 0.932. The average molecular weight is 716 g/mol. The van der Waals surface area contributed by atoms with E-state index in [1.165, 1.54) is 80.1 Å². The molecule has 0 aliphatic rings. The van der Waals surface area contributed by atoms with Gasteiger partial charge in [-0.05, 0) is 92.3 Å². The zero-order valence-electron chi connectivity index (χ0n) is 29.5. The summed E-state index contributed by atoms with van der Waals surface area (Å²) in [5.74, 6) is 0. The van der Waals surface area contributed by atoms with Crippen LogP contribution in [0.4, 0.5) is 0 Å². The van der Waals surface area contributed by atoms with E-state index in [0.29, 0.717) is 0 Å². The highest BCUT2D eigenvalue weighted by Crippen LogP contribution is 2.44. The SMILES string of the molecule is c1cc(-c2ccc3ccc4cc(-c5cc6cccnc6c6ncccc56)ccc4c3c2)cc(-c2nc3ccccc3c3c2ccc2c4ccccc4sc23)c1. The number of hydrogen-bond acceptors (Lipinski definition) is 4. The zero-order valence-corrected chi connectivity index (χ0v) is 30.3.